The molecular weight excluding hydrogens is 316 g/mol. The lowest BCUT2D eigenvalue weighted by Crippen LogP contribution is -2.38. The van der Waals surface area contributed by atoms with Crippen molar-refractivity contribution < 1.29 is 4.42 Å². The fourth-order valence-electron chi connectivity index (χ4n) is 2.33. The first-order valence-corrected chi connectivity index (χ1v) is 8.16. The van der Waals surface area contributed by atoms with Crippen LogP contribution in [0.15, 0.2) is 58.7 Å². The summed E-state index contributed by atoms with van der Waals surface area (Å²) in [6, 6.07) is 8.11. The van der Waals surface area contributed by atoms with Crippen molar-refractivity contribution >= 4 is 5.96 Å². The number of nitrogens with zero attached hydrogens (tertiary/aromatic N) is 4. The van der Waals surface area contributed by atoms with Crippen LogP contribution in [0.5, 0.6) is 0 Å². The van der Waals surface area contributed by atoms with Crippen LogP contribution in [0, 0.1) is 6.92 Å². The SMILES string of the molecule is CN=C(NCCn1ccnc1)NCc1coc(-c2ccc(C)cc2)n1. The zero-order chi connectivity index (χ0) is 17.5. The van der Waals surface area contributed by atoms with Gasteiger partial charge >= 0.3 is 0 Å². The molecule has 0 unspecified atom stereocenters. The van der Waals surface area contributed by atoms with E-state index in [4.69, 9.17) is 4.42 Å². The number of imidazole rings is 1. The Labute approximate surface area is 146 Å². The third kappa shape index (κ3) is 4.69. The molecule has 0 radical (unpaired) electrons. The molecule has 0 amide bonds. The Kier molecular flexibility index (Phi) is 5.46. The van der Waals surface area contributed by atoms with Crippen molar-refractivity contribution in [2.24, 2.45) is 4.99 Å². The zero-order valence-corrected chi connectivity index (χ0v) is 14.4. The molecule has 0 spiro atoms. The Balaban J connectivity index is 1.49. The van der Waals surface area contributed by atoms with E-state index in [-0.39, 0.29) is 0 Å². The van der Waals surface area contributed by atoms with Crippen LogP contribution in [0.3, 0.4) is 0 Å². The third-order valence-electron chi connectivity index (χ3n) is 3.73. The molecule has 1 aromatic carbocycles. The van der Waals surface area contributed by atoms with Crippen molar-refractivity contribution in [3.05, 3.63) is 60.5 Å². The van der Waals surface area contributed by atoms with Gasteiger partial charge in [-0.25, -0.2) is 9.97 Å². The van der Waals surface area contributed by atoms with Crippen molar-refractivity contribution in [1.82, 2.24) is 25.2 Å². The molecule has 3 rings (SSSR count). The standard InChI is InChI=1S/C18H22N6O/c1-14-3-5-15(6-4-14)17-23-16(12-25-17)11-22-18(19-2)21-8-10-24-9-7-20-13-24/h3-7,9,12-13H,8,10-11H2,1-2H3,(H2,19,21,22). The second-order valence-corrected chi connectivity index (χ2v) is 5.66. The zero-order valence-electron chi connectivity index (χ0n) is 14.4. The van der Waals surface area contributed by atoms with Crippen molar-refractivity contribution in [2.45, 2.75) is 20.0 Å². The van der Waals surface area contributed by atoms with Gasteiger partial charge in [-0.05, 0) is 19.1 Å². The highest BCUT2D eigenvalue weighted by molar-refractivity contribution is 5.79. The monoisotopic (exact) mass is 338 g/mol. The van der Waals surface area contributed by atoms with E-state index in [0.717, 1.165) is 30.3 Å². The van der Waals surface area contributed by atoms with Gasteiger partial charge in [0.15, 0.2) is 5.96 Å². The molecule has 3 aromatic rings. The first kappa shape index (κ1) is 16.8. The van der Waals surface area contributed by atoms with E-state index in [0.29, 0.717) is 12.4 Å². The van der Waals surface area contributed by atoms with E-state index < -0.39 is 0 Å². The van der Waals surface area contributed by atoms with Crippen LogP contribution < -0.4 is 10.6 Å². The topological polar surface area (TPSA) is 80.3 Å². The quantitative estimate of drug-likeness (QED) is 0.532. The molecule has 2 aromatic heterocycles. The number of nitrogens with one attached hydrogen (secondary N) is 2. The van der Waals surface area contributed by atoms with E-state index in [2.05, 4.69) is 32.5 Å². The molecule has 2 heterocycles. The van der Waals surface area contributed by atoms with Crippen LogP contribution in [0.4, 0.5) is 0 Å². The Morgan fingerprint density at radius 2 is 2.08 bits per heavy atom. The molecule has 2 N–H and O–H groups in total. The maximum atomic E-state index is 5.56. The summed E-state index contributed by atoms with van der Waals surface area (Å²) in [5.41, 5.74) is 3.01. The number of aromatic nitrogens is 3. The largest absolute Gasteiger partial charge is 0.444 e. The van der Waals surface area contributed by atoms with Crippen LogP contribution in [0.2, 0.25) is 0 Å². The van der Waals surface area contributed by atoms with Crippen LogP contribution in [-0.4, -0.2) is 34.1 Å². The maximum Gasteiger partial charge on any atom is 0.226 e. The first-order chi connectivity index (χ1) is 12.2. The fraction of sp³-hybridized carbons (Fsp3) is 0.278. The molecule has 7 nitrogen and oxygen atoms in total. The van der Waals surface area contributed by atoms with Gasteiger partial charge in [-0.2, -0.15) is 0 Å². The predicted octanol–water partition coefficient (Wildman–Crippen LogP) is 2.21. The Morgan fingerprint density at radius 1 is 1.24 bits per heavy atom. The molecule has 0 aliphatic heterocycles. The van der Waals surface area contributed by atoms with E-state index in [9.17, 15) is 0 Å². The van der Waals surface area contributed by atoms with Gasteiger partial charge in [-0.3, -0.25) is 4.99 Å². The Bertz CT molecular complexity index is 804. The van der Waals surface area contributed by atoms with Gasteiger partial charge in [0.2, 0.25) is 5.89 Å². The number of hydrogen-bond acceptors (Lipinski definition) is 4. The minimum atomic E-state index is 0.542. The summed E-state index contributed by atoms with van der Waals surface area (Å²) in [6.45, 7) is 4.17. The molecule has 0 saturated carbocycles. The fourth-order valence-corrected chi connectivity index (χ4v) is 2.33. The molecule has 0 aliphatic rings. The first-order valence-electron chi connectivity index (χ1n) is 8.16. The number of aliphatic imine (C=N–C) groups is 1. The van der Waals surface area contributed by atoms with Crippen LogP contribution in [-0.2, 0) is 13.1 Å². The molecule has 0 atom stereocenters. The minimum Gasteiger partial charge on any atom is -0.444 e. The highest BCUT2D eigenvalue weighted by atomic mass is 16.3. The maximum absolute atomic E-state index is 5.56. The van der Waals surface area contributed by atoms with Crippen molar-refractivity contribution in [1.29, 1.82) is 0 Å². The smallest absolute Gasteiger partial charge is 0.226 e. The highest BCUT2D eigenvalue weighted by Gasteiger charge is 2.07. The number of benzene rings is 1. The van der Waals surface area contributed by atoms with E-state index in [1.54, 1.807) is 25.8 Å². The molecule has 130 valence electrons. The average molecular weight is 338 g/mol. The average Bonchev–Trinajstić information content (AvgIpc) is 3.30. The summed E-state index contributed by atoms with van der Waals surface area (Å²) in [7, 11) is 1.74. The van der Waals surface area contributed by atoms with E-state index in [1.165, 1.54) is 5.56 Å². The minimum absolute atomic E-state index is 0.542. The number of guanidine groups is 1. The number of aryl methyl sites for hydroxylation is 1. The van der Waals surface area contributed by atoms with Crippen molar-refractivity contribution in [3.8, 4) is 11.5 Å². The van der Waals surface area contributed by atoms with Gasteiger partial charge in [-0.15, -0.1) is 0 Å². The molecule has 7 heteroatoms. The number of rotatable bonds is 6. The normalized spacial score (nSPS) is 11.5. The second kappa shape index (κ2) is 8.14. The summed E-state index contributed by atoms with van der Waals surface area (Å²) in [5.74, 6) is 1.35. The van der Waals surface area contributed by atoms with Gasteiger partial charge in [-0.1, -0.05) is 17.7 Å². The lowest BCUT2D eigenvalue weighted by molar-refractivity contribution is 0.572. The molecule has 0 aliphatic carbocycles. The molecule has 25 heavy (non-hydrogen) atoms. The van der Waals surface area contributed by atoms with E-state index >= 15 is 0 Å². The summed E-state index contributed by atoms with van der Waals surface area (Å²) < 4.78 is 7.57. The predicted molar refractivity (Wildman–Crippen MR) is 97.1 cm³/mol. The van der Waals surface area contributed by atoms with Crippen molar-refractivity contribution in [3.63, 3.8) is 0 Å². The number of hydrogen-bond donors (Lipinski definition) is 2. The lowest BCUT2D eigenvalue weighted by Gasteiger charge is -2.10. The van der Waals surface area contributed by atoms with E-state index in [1.807, 2.05) is 35.0 Å². The van der Waals surface area contributed by atoms with Crippen LogP contribution >= 0.6 is 0 Å². The van der Waals surface area contributed by atoms with Crippen LogP contribution in [0.1, 0.15) is 11.3 Å². The Morgan fingerprint density at radius 3 is 2.80 bits per heavy atom. The molecular formula is C18H22N6O. The third-order valence-corrected chi connectivity index (χ3v) is 3.73. The molecule has 0 fully saturated rings. The van der Waals surface area contributed by atoms with Gasteiger partial charge in [0.25, 0.3) is 0 Å². The van der Waals surface area contributed by atoms with Crippen molar-refractivity contribution in [2.75, 3.05) is 13.6 Å². The van der Waals surface area contributed by atoms with Gasteiger partial charge < -0.3 is 19.6 Å². The summed E-state index contributed by atoms with van der Waals surface area (Å²) in [5, 5.41) is 6.49. The molecule has 0 bridgehead atoms. The van der Waals surface area contributed by atoms with Crippen LogP contribution in [0.25, 0.3) is 11.5 Å². The van der Waals surface area contributed by atoms with Gasteiger partial charge in [0.1, 0.15) is 6.26 Å². The summed E-state index contributed by atoms with van der Waals surface area (Å²) in [4.78, 5) is 12.7. The second-order valence-electron chi connectivity index (χ2n) is 5.66. The van der Waals surface area contributed by atoms with Gasteiger partial charge in [0, 0.05) is 38.1 Å². The summed E-state index contributed by atoms with van der Waals surface area (Å²) >= 11 is 0. The lowest BCUT2D eigenvalue weighted by atomic mass is 10.1. The summed E-state index contributed by atoms with van der Waals surface area (Å²) in [6.07, 6.45) is 7.16. The molecule has 0 saturated heterocycles. The Hall–Kier alpha value is -3.09. The highest BCUT2D eigenvalue weighted by Crippen LogP contribution is 2.18. The van der Waals surface area contributed by atoms with Gasteiger partial charge in [0.05, 0.1) is 18.6 Å². The number of oxazole rings is 1.